The number of carboxylic acid groups (broad SMARTS) is 1. The van der Waals surface area contributed by atoms with E-state index in [2.05, 4.69) is 12.2 Å². The van der Waals surface area contributed by atoms with Crippen LogP contribution in [-0.4, -0.2) is 41.8 Å². The zero-order valence-electron chi connectivity index (χ0n) is 15.5. The highest BCUT2D eigenvalue weighted by Crippen LogP contribution is 2.38. The van der Waals surface area contributed by atoms with Gasteiger partial charge in [-0.25, -0.2) is 9.18 Å². The van der Waals surface area contributed by atoms with Gasteiger partial charge in [0.2, 0.25) is 5.43 Å². The highest BCUT2D eigenvalue weighted by molar-refractivity contribution is 5.93. The third-order valence-electron chi connectivity index (χ3n) is 6.00. The Morgan fingerprint density at radius 1 is 1.33 bits per heavy atom. The molecule has 7 heteroatoms. The van der Waals surface area contributed by atoms with E-state index >= 15 is 0 Å². The highest BCUT2D eigenvalue weighted by Gasteiger charge is 2.30. The van der Waals surface area contributed by atoms with Crippen molar-refractivity contribution < 1.29 is 14.3 Å². The summed E-state index contributed by atoms with van der Waals surface area (Å²) in [6.45, 7) is 3.65. The van der Waals surface area contributed by atoms with Gasteiger partial charge in [0, 0.05) is 36.8 Å². The summed E-state index contributed by atoms with van der Waals surface area (Å²) in [6, 6.07) is 3.47. The summed E-state index contributed by atoms with van der Waals surface area (Å²) in [4.78, 5) is 26.0. The molecule has 1 saturated heterocycles. The summed E-state index contributed by atoms with van der Waals surface area (Å²) in [5, 5.41) is 12.7. The predicted molar refractivity (Wildman–Crippen MR) is 102 cm³/mol. The fourth-order valence-electron chi connectivity index (χ4n) is 4.06. The topological polar surface area (TPSA) is 74.6 Å². The van der Waals surface area contributed by atoms with Crippen LogP contribution in [0.15, 0.2) is 23.1 Å². The second-order valence-corrected chi connectivity index (χ2v) is 7.71. The van der Waals surface area contributed by atoms with Gasteiger partial charge in [-0.3, -0.25) is 4.79 Å². The van der Waals surface area contributed by atoms with Gasteiger partial charge in [-0.05, 0) is 51.3 Å². The van der Waals surface area contributed by atoms with Crippen molar-refractivity contribution in [1.29, 1.82) is 0 Å². The van der Waals surface area contributed by atoms with Crippen molar-refractivity contribution in [2.45, 2.75) is 38.3 Å². The van der Waals surface area contributed by atoms with E-state index in [9.17, 15) is 19.1 Å². The first-order chi connectivity index (χ1) is 12.9. The van der Waals surface area contributed by atoms with Crippen LogP contribution in [0.2, 0.25) is 0 Å². The molecule has 0 unspecified atom stereocenters. The summed E-state index contributed by atoms with van der Waals surface area (Å²) in [6.07, 6.45) is 4.28. The summed E-state index contributed by atoms with van der Waals surface area (Å²) in [5.41, 5.74) is 0.188. The van der Waals surface area contributed by atoms with Gasteiger partial charge in [0.25, 0.3) is 0 Å². The highest BCUT2D eigenvalue weighted by atomic mass is 19.1. The first kappa shape index (κ1) is 18.0. The average Bonchev–Trinajstić information content (AvgIpc) is 3.37. The minimum Gasteiger partial charge on any atom is -0.477 e. The molecule has 2 atom stereocenters. The van der Waals surface area contributed by atoms with E-state index < -0.39 is 17.2 Å². The summed E-state index contributed by atoms with van der Waals surface area (Å²) < 4.78 is 16.7. The molecule has 27 heavy (non-hydrogen) atoms. The summed E-state index contributed by atoms with van der Waals surface area (Å²) in [7, 11) is 1.93. The summed E-state index contributed by atoms with van der Waals surface area (Å²) in [5.74, 6) is -1.31. The smallest absolute Gasteiger partial charge is 0.341 e. The Morgan fingerprint density at radius 2 is 2.07 bits per heavy atom. The van der Waals surface area contributed by atoms with Crippen molar-refractivity contribution in [2.24, 2.45) is 5.92 Å². The lowest BCUT2D eigenvalue weighted by molar-refractivity contribution is 0.0695. The van der Waals surface area contributed by atoms with Crippen LogP contribution in [0.1, 0.15) is 42.6 Å². The van der Waals surface area contributed by atoms with Crippen LogP contribution in [-0.2, 0) is 0 Å². The van der Waals surface area contributed by atoms with Gasteiger partial charge in [0.1, 0.15) is 11.4 Å². The van der Waals surface area contributed by atoms with Gasteiger partial charge in [-0.15, -0.1) is 0 Å². The number of aromatic nitrogens is 1. The molecule has 1 aromatic heterocycles. The molecule has 2 aliphatic rings. The lowest BCUT2D eigenvalue weighted by Crippen LogP contribution is -2.32. The Kier molecular flexibility index (Phi) is 4.42. The van der Waals surface area contributed by atoms with E-state index in [1.165, 1.54) is 12.3 Å². The number of aromatic carboxylic acids is 1. The van der Waals surface area contributed by atoms with Crippen molar-refractivity contribution in [3.63, 3.8) is 0 Å². The van der Waals surface area contributed by atoms with Gasteiger partial charge in [-0.2, -0.15) is 0 Å². The van der Waals surface area contributed by atoms with Crippen molar-refractivity contribution in [2.75, 3.05) is 25.0 Å². The van der Waals surface area contributed by atoms with E-state index in [0.29, 0.717) is 23.2 Å². The van der Waals surface area contributed by atoms with Crippen LogP contribution in [0.4, 0.5) is 10.1 Å². The second kappa shape index (κ2) is 6.64. The maximum absolute atomic E-state index is 14.9. The number of hydrogen-bond donors (Lipinski definition) is 2. The Hall–Kier alpha value is -2.41. The molecule has 1 saturated carbocycles. The Bertz CT molecular complexity index is 967. The molecule has 0 radical (unpaired) electrons. The third-order valence-corrected chi connectivity index (χ3v) is 6.00. The van der Waals surface area contributed by atoms with Crippen LogP contribution < -0.4 is 15.6 Å². The van der Waals surface area contributed by atoms with Crippen molar-refractivity contribution in [1.82, 2.24) is 9.88 Å². The number of anilines is 1. The number of benzene rings is 1. The lowest BCUT2D eigenvalue weighted by atomic mass is 10.0. The molecule has 1 aliphatic carbocycles. The Morgan fingerprint density at radius 3 is 2.70 bits per heavy atom. The van der Waals surface area contributed by atoms with Crippen LogP contribution in [0.3, 0.4) is 0 Å². The predicted octanol–water partition coefficient (Wildman–Crippen LogP) is 2.61. The second-order valence-electron chi connectivity index (χ2n) is 7.71. The quantitative estimate of drug-likeness (QED) is 0.843. The van der Waals surface area contributed by atoms with E-state index in [-0.39, 0.29) is 17.0 Å². The van der Waals surface area contributed by atoms with Crippen molar-refractivity contribution in [3.05, 3.63) is 39.9 Å². The minimum atomic E-state index is -1.27. The first-order valence-corrected chi connectivity index (χ1v) is 9.44. The average molecular weight is 373 g/mol. The number of halogens is 1. The maximum atomic E-state index is 14.9. The lowest BCUT2D eigenvalue weighted by Gasteiger charge is -2.23. The molecular weight excluding hydrogens is 349 g/mol. The monoisotopic (exact) mass is 373 g/mol. The molecule has 6 nitrogen and oxygen atoms in total. The van der Waals surface area contributed by atoms with Crippen LogP contribution in [0.5, 0.6) is 0 Å². The first-order valence-electron chi connectivity index (χ1n) is 9.44. The Balaban J connectivity index is 1.82. The van der Waals surface area contributed by atoms with E-state index in [0.717, 1.165) is 32.4 Å². The molecule has 2 heterocycles. The number of rotatable bonds is 5. The minimum absolute atomic E-state index is 0.141. The molecule has 144 valence electrons. The van der Waals surface area contributed by atoms with Crippen LogP contribution in [0.25, 0.3) is 10.9 Å². The molecule has 1 aliphatic heterocycles. The molecule has 2 N–H and O–H groups in total. The zero-order valence-corrected chi connectivity index (χ0v) is 15.5. The Labute approximate surface area is 156 Å². The SMILES string of the molecule is CN[C@@H](C)[C@H]1CCN(c2cc3c(cc2F)c(=O)c(C(=O)O)cn3C2CC2)C1. The number of carbonyl (C=O) groups is 1. The van der Waals surface area contributed by atoms with E-state index in [1.807, 2.05) is 16.5 Å². The number of nitrogens with one attached hydrogen (secondary N) is 1. The molecule has 1 aromatic carbocycles. The fraction of sp³-hybridized carbons (Fsp3) is 0.500. The molecule has 0 bridgehead atoms. The van der Waals surface area contributed by atoms with Crippen molar-refractivity contribution >= 4 is 22.6 Å². The van der Waals surface area contributed by atoms with Gasteiger partial charge >= 0.3 is 5.97 Å². The number of nitrogens with zero attached hydrogens (tertiary/aromatic N) is 2. The van der Waals surface area contributed by atoms with Crippen molar-refractivity contribution in [3.8, 4) is 0 Å². The van der Waals surface area contributed by atoms with E-state index in [1.54, 1.807) is 6.07 Å². The number of pyridine rings is 1. The molecular formula is C20H24FN3O3. The number of carboxylic acids is 1. The third kappa shape index (κ3) is 3.10. The number of fused-ring (bicyclic) bond motifs is 1. The zero-order chi connectivity index (χ0) is 19.3. The molecule has 4 rings (SSSR count). The fourth-order valence-corrected chi connectivity index (χ4v) is 4.06. The summed E-state index contributed by atoms with van der Waals surface area (Å²) >= 11 is 0. The van der Waals surface area contributed by atoms with Gasteiger partial charge in [0.15, 0.2) is 0 Å². The van der Waals surface area contributed by atoms with Gasteiger partial charge < -0.3 is 19.9 Å². The van der Waals surface area contributed by atoms with Gasteiger partial charge in [0.05, 0.1) is 11.2 Å². The standard InChI is InChI=1S/C20H24FN3O3/c1-11(22-2)12-5-6-23(9-12)18-8-17-14(7-16(18)21)19(25)15(20(26)27)10-24(17)13-3-4-13/h7-8,10-13,22H,3-6,9H2,1-2H3,(H,26,27)/t11-,12-/m0/s1. The largest absolute Gasteiger partial charge is 0.477 e. The maximum Gasteiger partial charge on any atom is 0.341 e. The van der Waals surface area contributed by atoms with Crippen LogP contribution in [0, 0.1) is 11.7 Å². The molecule has 0 spiro atoms. The molecule has 2 aromatic rings. The normalized spacial score (nSPS) is 21.0. The van der Waals surface area contributed by atoms with Gasteiger partial charge in [-0.1, -0.05) is 0 Å². The molecule has 0 amide bonds. The van der Waals surface area contributed by atoms with Crippen LogP contribution >= 0.6 is 0 Å². The van der Waals surface area contributed by atoms with E-state index in [4.69, 9.17) is 0 Å². The number of hydrogen-bond acceptors (Lipinski definition) is 4. The molecule has 2 fully saturated rings.